The summed E-state index contributed by atoms with van der Waals surface area (Å²) in [7, 11) is 1.44. The second-order valence-electron chi connectivity index (χ2n) is 8.49. The van der Waals surface area contributed by atoms with Crippen LogP contribution in [0.15, 0.2) is 23.8 Å². The van der Waals surface area contributed by atoms with Crippen LogP contribution in [-0.2, 0) is 9.53 Å². The molecule has 0 aromatic heterocycles. The van der Waals surface area contributed by atoms with Crippen LogP contribution in [0.25, 0.3) is 6.08 Å². The fraction of sp³-hybridized carbons (Fsp3) is 0.522. The lowest BCUT2D eigenvalue weighted by atomic mass is 9.86. The van der Waals surface area contributed by atoms with Gasteiger partial charge in [-0.2, -0.15) is 5.26 Å². The Bertz CT molecular complexity index is 848. The Morgan fingerprint density at radius 2 is 1.90 bits per heavy atom. The van der Waals surface area contributed by atoms with Gasteiger partial charge in [0, 0.05) is 6.04 Å². The smallest absolute Gasteiger partial charge is 0.493 e. The second-order valence-corrected chi connectivity index (χ2v) is 8.49. The van der Waals surface area contributed by atoms with E-state index in [-0.39, 0.29) is 29.0 Å². The molecule has 162 valence electrons. The Kier molecular flexibility index (Phi) is 7.87. The number of hydrogen-bond acceptors (Lipinski definition) is 6. The fourth-order valence-corrected chi connectivity index (χ4v) is 3.31. The zero-order valence-corrected chi connectivity index (χ0v) is 18.3. The molecule has 1 aliphatic rings. The quantitative estimate of drug-likeness (QED) is 0.327. The van der Waals surface area contributed by atoms with E-state index in [9.17, 15) is 14.9 Å². The van der Waals surface area contributed by atoms with Crippen LogP contribution in [0.5, 0.6) is 11.5 Å². The van der Waals surface area contributed by atoms with Crippen LogP contribution in [-0.4, -0.2) is 30.8 Å². The van der Waals surface area contributed by atoms with Gasteiger partial charge >= 0.3 is 6.16 Å². The zero-order valence-electron chi connectivity index (χ0n) is 18.3. The summed E-state index contributed by atoms with van der Waals surface area (Å²) in [4.78, 5) is 24.5. The van der Waals surface area contributed by atoms with E-state index in [0.29, 0.717) is 11.5 Å². The summed E-state index contributed by atoms with van der Waals surface area (Å²) in [5.74, 6) is 0.479. The molecule has 30 heavy (non-hydrogen) atoms. The van der Waals surface area contributed by atoms with Crippen molar-refractivity contribution in [2.45, 2.75) is 65.0 Å². The average Bonchev–Trinajstić information content (AvgIpc) is 2.67. The third kappa shape index (κ3) is 6.80. The van der Waals surface area contributed by atoms with E-state index >= 15 is 0 Å². The minimum Gasteiger partial charge on any atom is -0.493 e. The molecule has 1 aromatic carbocycles. The normalized spacial score (nSPS) is 19.4. The monoisotopic (exact) mass is 414 g/mol. The molecule has 2 atom stereocenters. The van der Waals surface area contributed by atoms with Gasteiger partial charge in [-0.1, -0.05) is 25.8 Å². The molecule has 0 heterocycles. The van der Waals surface area contributed by atoms with Gasteiger partial charge in [0.1, 0.15) is 17.2 Å². The number of hydrogen-bond donors (Lipinski definition) is 1. The van der Waals surface area contributed by atoms with Gasteiger partial charge < -0.3 is 19.5 Å². The highest BCUT2D eigenvalue weighted by Crippen LogP contribution is 2.30. The molecule has 0 spiro atoms. The van der Waals surface area contributed by atoms with Gasteiger partial charge in [0.2, 0.25) is 0 Å². The number of benzene rings is 1. The van der Waals surface area contributed by atoms with Crippen LogP contribution in [0, 0.1) is 17.2 Å². The molecular weight excluding hydrogens is 384 g/mol. The van der Waals surface area contributed by atoms with Crippen molar-refractivity contribution in [2.24, 2.45) is 5.92 Å². The van der Waals surface area contributed by atoms with E-state index < -0.39 is 11.8 Å². The molecule has 0 saturated heterocycles. The SMILES string of the molecule is COc1cc(/C=C(\C#N)C(=O)N[C@H]2CCCC[C@@H]2C)ccc1OC(=O)OC(C)(C)C. The molecule has 7 nitrogen and oxygen atoms in total. The summed E-state index contributed by atoms with van der Waals surface area (Å²) in [6, 6.07) is 6.81. The number of amides is 1. The Balaban J connectivity index is 2.15. The molecule has 2 rings (SSSR count). The van der Waals surface area contributed by atoms with Crippen molar-refractivity contribution in [3.8, 4) is 17.6 Å². The highest BCUT2D eigenvalue weighted by Gasteiger charge is 2.24. The van der Waals surface area contributed by atoms with Crippen LogP contribution in [0.3, 0.4) is 0 Å². The summed E-state index contributed by atoms with van der Waals surface area (Å²) in [5, 5.41) is 12.4. The molecule has 0 bridgehead atoms. The van der Waals surface area contributed by atoms with Crippen LogP contribution in [0.4, 0.5) is 4.79 Å². The van der Waals surface area contributed by atoms with Crippen molar-refractivity contribution in [1.29, 1.82) is 5.26 Å². The molecule has 0 aliphatic heterocycles. The first-order chi connectivity index (χ1) is 14.1. The fourth-order valence-electron chi connectivity index (χ4n) is 3.31. The zero-order chi connectivity index (χ0) is 22.3. The first-order valence-corrected chi connectivity index (χ1v) is 10.1. The molecule has 0 unspecified atom stereocenters. The van der Waals surface area contributed by atoms with Crippen molar-refractivity contribution in [3.05, 3.63) is 29.3 Å². The number of nitriles is 1. The Morgan fingerprint density at radius 1 is 1.20 bits per heavy atom. The first-order valence-electron chi connectivity index (χ1n) is 10.1. The molecule has 1 aromatic rings. The van der Waals surface area contributed by atoms with Crippen LogP contribution >= 0.6 is 0 Å². The first kappa shape index (κ1) is 23.3. The highest BCUT2D eigenvalue weighted by molar-refractivity contribution is 6.01. The summed E-state index contributed by atoms with van der Waals surface area (Å²) in [6.45, 7) is 7.33. The maximum atomic E-state index is 12.6. The second kappa shape index (κ2) is 10.1. The van der Waals surface area contributed by atoms with Gasteiger partial charge in [0.25, 0.3) is 5.91 Å². The van der Waals surface area contributed by atoms with Crippen molar-refractivity contribution >= 4 is 18.1 Å². The summed E-state index contributed by atoms with van der Waals surface area (Å²) in [6.07, 6.45) is 4.90. The van der Waals surface area contributed by atoms with Gasteiger partial charge in [-0.3, -0.25) is 4.79 Å². The maximum Gasteiger partial charge on any atom is 0.514 e. The minimum atomic E-state index is -0.845. The van der Waals surface area contributed by atoms with Crippen LogP contribution < -0.4 is 14.8 Å². The van der Waals surface area contributed by atoms with Crippen molar-refractivity contribution < 1.29 is 23.8 Å². The van der Waals surface area contributed by atoms with E-state index in [1.807, 2.05) is 6.07 Å². The third-order valence-corrected chi connectivity index (χ3v) is 4.87. The summed E-state index contributed by atoms with van der Waals surface area (Å²) < 4.78 is 15.6. The molecular formula is C23H30N2O5. The van der Waals surface area contributed by atoms with Crippen molar-refractivity contribution in [1.82, 2.24) is 5.32 Å². The van der Waals surface area contributed by atoms with Crippen molar-refractivity contribution in [2.75, 3.05) is 7.11 Å². The third-order valence-electron chi connectivity index (χ3n) is 4.87. The predicted molar refractivity (Wildman–Crippen MR) is 113 cm³/mol. The predicted octanol–water partition coefficient (Wildman–Crippen LogP) is 4.61. The van der Waals surface area contributed by atoms with E-state index in [4.69, 9.17) is 14.2 Å². The van der Waals surface area contributed by atoms with Gasteiger partial charge in [-0.25, -0.2) is 4.79 Å². The number of methoxy groups -OCH3 is 1. The maximum absolute atomic E-state index is 12.6. The minimum absolute atomic E-state index is 0.00985. The Morgan fingerprint density at radius 3 is 2.50 bits per heavy atom. The average molecular weight is 415 g/mol. The summed E-state index contributed by atoms with van der Waals surface area (Å²) in [5.41, 5.74) is -0.0971. The molecule has 1 fully saturated rings. The molecule has 0 radical (unpaired) electrons. The lowest BCUT2D eigenvalue weighted by Crippen LogP contribution is -2.41. The van der Waals surface area contributed by atoms with Crippen LogP contribution in [0.1, 0.15) is 58.9 Å². The highest BCUT2D eigenvalue weighted by atomic mass is 16.7. The van der Waals surface area contributed by atoms with E-state index in [2.05, 4.69) is 12.2 Å². The van der Waals surface area contributed by atoms with Gasteiger partial charge in [0.05, 0.1) is 7.11 Å². The molecule has 1 aliphatic carbocycles. The van der Waals surface area contributed by atoms with Crippen LogP contribution in [0.2, 0.25) is 0 Å². The number of ether oxygens (including phenoxy) is 3. The molecule has 1 N–H and O–H groups in total. The molecule has 7 heteroatoms. The van der Waals surface area contributed by atoms with Gasteiger partial charge in [0.15, 0.2) is 11.5 Å². The number of carbonyl (C=O) groups excluding carboxylic acids is 2. The lowest BCUT2D eigenvalue weighted by molar-refractivity contribution is -0.118. The Hall–Kier alpha value is -3.01. The van der Waals surface area contributed by atoms with E-state index in [0.717, 1.165) is 19.3 Å². The van der Waals surface area contributed by atoms with E-state index in [1.165, 1.54) is 25.7 Å². The lowest BCUT2D eigenvalue weighted by Gasteiger charge is -2.29. The van der Waals surface area contributed by atoms with Crippen molar-refractivity contribution in [3.63, 3.8) is 0 Å². The largest absolute Gasteiger partial charge is 0.514 e. The topological polar surface area (TPSA) is 97.6 Å². The van der Waals surface area contributed by atoms with Gasteiger partial charge in [-0.05, 0) is 63.3 Å². The van der Waals surface area contributed by atoms with Gasteiger partial charge in [-0.15, -0.1) is 0 Å². The summed E-state index contributed by atoms with van der Waals surface area (Å²) >= 11 is 0. The standard InChI is InChI=1S/C23H30N2O5/c1-15-8-6-7-9-18(15)25-21(26)17(14-24)12-16-10-11-19(20(13-16)28-5)29-22(27)30-23(2,3)4/h10-13,15,18H,6-9H2,1-5H3,(H,25,26)/b17-12+/t15-,18-/m0/s1. The number of nitrogens with one attached hydrogen (secondary N) is 1. The number of carbonyl (C=O) groups is 2. The number of rotatable bonds is 5. The molecule has 1 amide bonds. The molecule has 1 saturated carbocycles. The Labute approximate surface area is 178 Å². The van der Waals surface area contributed by atoms with E-state index in [1.54, 1.807) is 32.9 Å². The number of nitrogens with zero attached hydrogens (tertiary/aromatic N) is 1.